The zero-order chi connectivity index (χ0) is 24.9. The molecule has 4 heterocycles. The van der Waals surface area contributed by atoms with Crippen LogP contribution in [0.25, 0.3) is 16.9 Å². The molecule has 6 rings (SSSR count). The predicted octanol–water partition coefficient (Wildman–Crippen LogP) is 4.42. The highest BCUT2D eigenvalue weighted by Crippen LogP contribution is 2.43. The van der Waals surface area contributed by atoms with Gasteiger partial charge in [0.1, 0.15) is 11.4 Å². The summed E-state index contributed by atoms with van der Waals surface area (Å²) in [5, 5.41) is 14.9. The van der Waals surface area contributed by atoms with E-state index in [1.807, 2.05) is 24.4 Å². The van der Waals surface area contributed by atoms with Crippen molar-refractivity contribution in [3.05, 3.63) is 66.1 Å². The van der Waals surface area contributed by atoms with E-state index in [1.165, 1.54) is 24.2 Å². The Bertz CT molecular complexity index is 1380. The lowest BCUT2D eigenvalue weighted by Gasteiger charge is -2.34. The van der Waals surface area contributed by atoms with E-state index in [0.29, 0.717) is 17.6 Å². The highest BCUT2D eigenvalue weighted by Gasteiger charge is 2.30. The number of anilines is 3. The van der Waals surface area contributed by atoms with Crippen LogP contribution in [0.1, 0.15) is 44.0 Å². The van der Waals surface area contributed by atoms with Gasteiger partial charge in [-0.2, -0.15) is 4.98 Å². The van der Waals surface area contributed by atoms with Crippen LogP contribution in [-0.2, 0) is 5.60 Å². The third-order valence-corrected chi connectivity index (χ3v) is 7.15. The first kappa shape index (κ1) is 22.9. The molecule has 1 saturated carbocycles. The number of benzene rings is 1. The molecular weight excluding hydrogens is 450 g/mol. The third kappa shape index (κ3) is 4.54. The number of rotatable bonds is 6. The van der Waals surface area contributed by atoms with Crippen molar-refractivity contribution in [3.8, 4) is 5.82 Å². The van der Waals surface area contributed by atoms with Gasteiger partial charge in [0.2, 0.25) is 5.95 Å². The summed E-state index contributed by atoms with van der Waals surface area (Å²) in [6.07, 6.45) is 4.21. The highest BCUT2D eigenvalue weighted by molar-refractivity contribution is 5.80. The minimum absolute atomic E-state index is 0.505. The molecule has 1 aromatic carbocycles. The SMILES string of the molecule is CN1CCN(c2ccc(Nc3ncc4cc(C5CC5)n(-c5cccc(C(C)(C)O)n5)c4n3)cc2)CC1. The van der Waals surface area contributed by atoms with Crippen LogP contribution in [0.4, 0.5) is 17.3 Å². The van der Waals surface area contributed by atoms with Crippen molar-refractivity contribution in [2.45, 2.75) is 38.2 Å². The normalized spacial score (nSPS) is 17.1. The lowest BCUT2D eigenvalue weighted by molar-refractivity contribution is 0.0738. The molecule has 2 N–H and O–H groups in total. The summed E-state index contributed by atoms with van der Waals surface area (Å²) < 4.78 is 2.13. The largest absolute Gasteiger partial charge is 0.384 e. The van der Waals surface area contributed by atoms with Gasteiger partial charge in [-0.1, -0.05) is 6.07 Å². The zero-order valence-corrected chi connectivity index (χ0v) is 21.1. The van der Waals surface area contributed by atoms with E-state index in [9.17, 15) is 5.11 Å². The van der Waals surface area contributed by atoms with Crippen molar-refractivity contribution in [2.75, 3.05) is 43.4 Å². The van der Waals surface area contributed by atoms with Crippen LogP contribution in [0.2, 0.25) is 0 Å². The van der Waals surface area contributed by atoms with E-state index in [1.54, 1.807) is 13.8 Å². The van der Waals surface area contributed by atoms with Crippen LogP contribution in [-0.4, -0.2) is 62.8 Å². The molecule has 1 aliphatic carbocycles. The number of pyridine rings is 1. The van der Waals surface area contributed by atoms with Gasteiger partial charge in [0, 0.05) is 54.8 Å². The Labute approximate surface area is 211 Å². The van der Waals surface area contributed by atoms with Crippen LogP contribution in [0, 0.1) is 0 Å². The average Bonchev–Trinajstić information content (AvgIpc) is 3.65. The molecule has 3 aromatic heterocycles. The minimum atomic E-state index is -1.02. The standard InChI is InChI=1S/C28H33N7O/c1-28(2,36)24-5-4-6-25(31-24)35-23(19-7-8-19)17-20-18-29-27(32-26(20)35)30-21-9-11-22(12-10-21)34-15-13-33(3)14-16-34/h4-6,9-12,17-19,36H,7-8,13-16H2,1-3H3,(H,29,30,32). The first-order valence-electron chi connectivity index (χ1n) is 12.7. The third-order valence-electron chi connectivity index (χ3n) is 7.15. The number of nitrogens with zero attached hydrogens (tertiary/aromatic N) is 6. The molecule has 8 heteroatoms. The van der Waals surface area contributed by atoms with E-state index >= 15 is 0 Å². The van der Waals surface area contributed by atoms with E-state index in [0.717, 1.165) is 48.7 Å². The Kier molecular flexibility index (Phi) is 5.65. The molecular formula is C28H33N7O. The summed E-state index contributed by atoms with van der Waals surface area (Å²) in [4.78, 5) is 19.1. The summed E-state index contributed by atoms with van der Waals surface area (Å²) in [6, 6.07) is 16.5. The van der Waals surface area contributed by atoms with Crippen LogP contribution >= 0.6 is 0 Å². The van der Waals surface area contributed by atoms with Gasteiger partial charge < -0.3 is 20.2 Å². The summed E-state index contributed by atoms with van der Waals surface area (Å²) in [6.45, 7) is 7.79. The first-order chi connectivity index (χ1) is 17.3. The molecule has 0 spiro atoms. The second-order valence-electron chi connectivity index (χ2n) is 10.6. The predicted molar refractivity (Wildman–Crippen MR) is 143 cm³/mol. The number of aliphatic hydroxyl groups is 1. The maximum absolute atomic E-state index is 10.5. The lowest BCUT2D eigenvalue weighted by atomic mass is 10.1. The first-order valence-corrected chi connectivity index (χ1v) is 12.7. The van der Waals surface area contributed by atoms with Crippen molar-refractivity contribution in [1.82, 2.24) is 24.4 Å². The fourth-order valence-electron chi connectivity index (χ4n) is 4.83. The zero-order valence-electron chi connectivity index (χ0n) is 21.1. The maximum Gasteiger partial charge on any atom is 0.229 e. The summed E-state index contributed by atoms with van der Waals surface area (Å²) in [7, 11) is 2.17. The van der Waals surface area contributed by atoms with Crippen molar-refractivity contribution in [2.24, 2.45) is 0 Å². The number of hydrogen-bond donors (Lipinski definition) is 2. The Morgan fingerprint density at radius 1 is 0.972 bits per heavy atom. The molecule has 2 aliphatic rings. The molecule has 0 bridgehead atoms. The minimum Gasteiger partial charge on any atom is -0.384 e. The molecule has 1 aliphatic heterocycles. The van der Waals surface area contributed by atoms with Crippen molar-refractivity contribution in [1.29, 1.82) is 0 Å². The number of nitrogens with one attached hydrogen (secondary N) is 1. The van der Waals surface area contributed by atoms with Crippen molar-refractivity contribution >= 4 is 28.4 Å². The van der Waals surface area contributed by atoms with Crippen LogP contribution < -0.4 is 10.2 Å². The van der Waals surface area contributed by atoms with E-state index in [2.05, 4.69) is 62.0 Å². The molecule has 0 unspecified atom stereocenters. The Hall–Kier alpha value is -3.49. The van der Waals surface area contributed by atoms with Crippen molar-refractivity contribution < 1.29 is 5.11 Å². The number of likely N-dealkylation sites (N-methyl/N-ethyl adjacent to an activating group) is 1. The molecule has 2 fully saturated rings. The Morgan fingerprint density at radius 2 is 1.72 bits per heavy atom. The van der Waals surface area contributed by atoms with Gasteiger partial charge in [-0.25, -0.2) is 9.97 Å². The maximum atomic E-state index is 10.5. The molecule has 0 amide bonds. The van der Waals surface area contributed by atoms with Crippen LogP contribution in [0.5, 0.6) is 0 Å². The highest BCUT2D eigenvalue weighted by atomic mass is 16.3. The van der Waals surface area contributed by atoms with Gasteiger partial charge in [-0.05, 0) is 82.1 Å². The van der Waals surface area contributed by atoms with E-state index in [-0.39, 0.29) is 0 Å². The Balaban J connectivity index is 1.31. The molecule has 36 heavy (non-hydrogen) atoms. The van der Waals surface area contributed by atoms with Gasteiger partial charge in [0.25, 0.3) is 0 Å². The number of piperazine rings is 1. The topological polar surface area (TPSA) is 82.3 Å². The summed E-state index contributed by atoms with van der Waals surface area (Å²) in [5.41, 5.74) is 3.84. The number of aromatic nitrogens is 4. The van der Waals surface area contributed by atoms with E-state index < -0.39 is 5.60 Å². The summed E-state index contributed by atoms with van der Waals surface area (Å²) in [5.74, 6) is 1.83. The molecule has 186 valence electrons. The molecule has 1 saturated heterocycles. The molecule has 8 nitrogen and oxygen atoms in total. The molecule has 0 radical (unpaired) electrons. The quantitative estimate of drug-likeness (QED) is 0.420. The van der Waals surface area contributed by atoms with Gasteiger partial charge in [-0.15, -0.1) is 0 Å². The van der Waals surface area contributed by atoms with Gasteiger partial charge in [-0.3, -0.25) is 4.57 Å². The Morgan fingerprint density at radius 3 is 2.42 bits per heavy atom. The lowest BCUT2D eigenvalue weighted by Crippen LogP contribution is -2.44. The molecule has 0 atom stereocenters. The fourth-order valence-corrected chi connectivity index (χ4v) is 4.83. The van der Waals surface area contributed by atoms with Gasteiger partial charge >= 0.3 is 0 Å². The number of hydrogen-bond acceptors (Lipinski definition) is 7. The number of fused-ring (bicyclic) bond motifs is 1. The second kappa shape index (κ2) is 8.87. The van der Waals surface area contributed by atoms with Gasteiger partial charge in [0.05, 0.1) is 5.69 Å². The second-order valence-corrected chi connectivity index (χ2v) is 10.6. The fraction of sp³-hybridized carbons (Fsp3) is 0.393. The summed E-state index contributed by atoms with van der Waals surface area (Å²) >= 11 is 0. The monoisotopic (exact) mass is 483 g/mol. The van der Waals surface area contributed by atoms with E-state index in [4.69, 9.17) is 9.97 Å². The van der Waals surface area contributed by atoms with Gasteiger partial charge in [0.15, 0.2) is 5.65 Å². The molecule has 4 aromatic rings. The smallest absolute Gasteiger partial charge is 0.229 e. The van der Waals surface area contributed by atoms with Crippen molar-refractivity contribution in [3.63, 3.8) is 0 Å². The van der Waals surface area contributed by atoms with Crippen LogP contribution in [0.15, 0.2) is 54.7 Å². The average molecular weight is 484 g/mol. The van der Waals surface area contributed by atoms with Crippen LogP contribution in [0.3, 0.4) is 0 Å².